The van der Waals surface area contributed by atoms with Crippen LogP contribution in [0.5, 0.6) is 5.75 Å². The van der Waals surface area contributed by atoms with E-state index in [1.807, 2.05) is 17.0 Å². The molecule has 5 heteroatoms. The van der Waals surface area contributed by atoms with E-state index in [-0.39, 0.29) is 17.5 Å². The topological polar surface area (TPSA) is 46.6 Å². The van der Waals surface area contributed by atoms with E-state index in [4.69, 9.17) is 4.74 Å². The Balaban J connectivity index is 1.39. The van der Waals surface area contributed by atoms with Gasteiger partial charge in [-0.15, -0.1) is 0 Å². The number of hydrogen-bond donors (Lipinski definition) is 0. The number of nitrogens with zero attached hydrogens (tertiary/aromatic N) is 1. The van der Waals surface area contributed by atoms with Crippen LogP contribution in [0.1, 0.15) is 34.0 Å². The third kappa shape index (κ3) is 4.25. The molecule has 0 unspecified atom stereocenters. The number of rotatable bonds is 5. The lowest BCUT2D eigenvalue weighted by Gasteiger charge is -2.31. The second-order valence-electron chi connectivity index (χ2n) is 7.40. The summed E-state index contributed by atoms with van der Waals surface area (Å²) < 4.78 is 18.9. The van der Waals surface area contributed by atoms with E-state index in [0.717, 1.165) is 6.42 Å². The zero-order chi connectivity index (χ0) is 21.1. The second-order valence-corrected chi connectivity index (χ2v) is 7.40. The monoisotopic (exact) mass is 403 g/mol. The molecule has 1 amide bonds. The summed E-state index contributed by atoms with van der Waals surface area (Å²) in [5, 5.41) is 0. The van der Waals surface area contributed by atoms with Crippen LogP contribution in [0.4, 0.5) is 4.39 Å². The van der Waals surface area contributed by atoms with Crippen LogP contribution < -0.4 is 4.74 Å². The van der Waals surface area contributed by atoms with Crippen molar-refractivity contribution in [1.29, 1.82) is 0 Å². The Bertz CT molecular complexity index is 1060. The summed E-state index contributed by atoms with van der Waals surface area (Å²) in [7, 11) is 0. The maximum Gasteiger partial charge on any atom is 0.263 e. The van der Waals surface area contributed by atoms with E-state index < -0.39 is 6.10 Å². The summed E-state index contributed by atoms with van der Waals surface area (Å²) in [6.45, 7) is 3.00. The SMILES string of the molecule is C[C@H](Oc1ccc(C(=O)c2ccc(F)cc2)cc1)C(=O)N1CCc2ccccc2C1. The molecule has 0 aromatic heterocycles. The quantitative estimate of drug-likeness (QED) is 0.593. The standard InChI is InChI=1S/C25H22FNO3/c1-17(25(29)27-15-14-18-4-2-3-5-21(18)16-27)30-23-12-8-20(9-13-23)24(28)19-6-10-22(26)11-7-19/h2-13,17H,14-16H2,1H3/t17-/m0/s1. The summed E-state index contributed by atoms with van der Waals surface area (Å²) in [6.07, 6.45) is 0.211. The fourth-order valence-electron chi connectivity index (χ4n) is 3.65. The molecule has 0 saturated carbocycles. The third-order valence-electron chi connectivity index (χ3n) is 5.33. The number of fused-ring (bicyclic) bond motifs is 1. The molecule has 0 N–H and O–H groups in total. The van der Waals surface area contributed by atoms with Crippen molar-refractivity contribution in [2.24, 2.45) is 0 Å². The normalized spacial score (nSPS) is 14.0. The Morgan fingerprint density at radius 1 is 0.900 bits per heavy atom. The van der Waals surface area contributed by atoms with Gasteiger partial charge in [-0.2, -0.15) is 0 Å². The number of ketones is 1. The Hall–Kier alpha value is -3.47. The van der Waals surface area contributed by atoms with Gasteiger partial charge in [-0.05, 0) is 73.0 Å². The summed E-state index contributed by atoms with van der Waals surface area (Å²) in [5.41, 5.74) is 3.35. The second kappa shape index (κ2) is 8.49. The number of benzene rings is 3. The number of ether oxygens (including phenoxy) is 1. The molecule has 4 rings (SSSR count). The van der Waals surface area contributed by atoms with E-state index in [1.165, 1.54) is 35.4 Å². The molecule has 152 valence electrons. The van der Waals surface area contributed by atoms with Crippen LogP contribution in [0.15, 0.2) is 72.8 Å². The van der Waals surface area contributed by atoms with E-state index in [1.54, 1.807) is 31.2 Å². The van der Waals surface area contributed by atoms with E-state index >= 15 is 0 Å². The number of carbonyl (C=O) groups is 2. The predicted molar refractivity (Wildman–Crippen MR) is 112 cm³/mol. The van der Waals surface area contributed by atoms with Crippen molar-refractivity contribution < 1.29 is 18.7 Å². The van der Waals surface area contributed by atoms with E-state index in [9.17, 15) is 14.0 Å². The number of halogens is 1. The van der Waals surface area contributed by atoms with Crippen LogP contribution in [-0.4, -0.2) is 29.2 Å². The van der Waals surface area contributed by atoms with Gasteiger partial charge in [-0.25, -0.2) is 4.39 Å². The minimum absolute atomic E-state index is 0.0593. The molecular formula is C25H22FNO3. The van der Waals surface area contributed by atoms with Crippen molar-refractivity contribution in [1.82, 2.24) is 4.90 Å². The highest BCUT2D eigenvalue weighted by Gasteiger charge is 2.25. The summed E-state index contributed by atoms with van der Waals surface area (Å²) >= 11 is 0. The third-order valence-corrected chi connectivity index (χ3v) is 5.33. The molecule has 1 heterocycles. The molecule has 4 nitrogen and oxygen atoms in total. The van der Waals surface area contributed by atoms with Crippen molar-refractivity contribution in [3.8, 4) is 5.75 Å². The molecule has 0 spiro atoms. The number of hydrogen-bond acceptors (Lipinski definition) is 3. The van der Waals surface area contributed by atoms with Crippen molar-refractivity contribution in [2.75, 3.05) is 6.54 Å². The van der Waals surface area contributed by atoms with Crippen LogP contribution in [-0.2, 0) is 17.8 Å². The first-order valence-electron chi connectivity index (χ1n) is 9.94. The fourth-order valence-corrected chi connectivity index (χ4v) is 3.65. The molecular weight excluding hydrogens is 381 g/mol. The van der Waals surface area contributed by atoms with Gasteiger partial charge < -0.3 is 9.64 Å². The number of carbonyl (C=O) groups excluding carboxylic acids is 2. The lowest BCUT2D eigenvalue weighted by atomic mass is 9.99. The largest absolute Gasteiger partial charge is 0.481 e. The molecule has 3 aromatic carbocycles. The van der Waals surface area contributed by atoms with Gasteiger partial charge in [0.15, 0.2) is 11.9 Å². The average molecular weight is 403 g/mol. The van der Waals surface area contributed by atoms with Gasteiger partial charge >= 0.3 is 0 Å². The summed E-state index contributed by atoms with van der Waals surface area (Å²) in [6, 6.07) is 20.2. The maximum atomic E-state index is 13.0. The van der Waals surface area contributed by atoms with E-state index in [2.05, 4.69) is 12.1 Å². The first kappa shape index (κ1) is 19.8. The molecule has 30 heavy (non-hydrogen) atoms. The highest BCUT2D eigenvalue weighted by atomic mass is 19.1. The fraction of sp³-hybridized carbons (Fsp3) is 0.200. The van der Waals surface area contributed by atoms with Gasteiger partial charge in [-0.1, -0.05) is 24.3 Å². The minimum atomic E-state index is -0.631. The molecule has 0 aliphatic carbocycles. The average Bonchev–Trinajstić information content (AvgIpc) is 2.78. The first-order chi connectivity index (χ1) is 14.5. The lowest BCUT2D eigenvalue weighted by Crippen LogP contribution is -2.43. The highest BCUT2D eigenvalue weighted by Crippen LogP contribution is 2.21. The Morgan fingerprint density at radius 3 is 2.17 bits per heavy atom. The van der Waals surface area contributed by atoms with Crippen LogP contribution in [0.3, 0.4) is 0 Å². The van der Waals surface area contributed by atoms with Gasteiger partial charge in [0.1, 0.15) is 11.6 Å². The van der Waals surface area contributed by atoms with Gasteiger partial charge in [-0.3, -0.25) is 9.59 Å². The highest BCUT2D eigenvalue weighted by molar-refractivity contribution is 6.09. The number of amides is 1. The molecule has 0 fully saturated rings. The molecule has 1 aliphatic heterocycles. The smallest absolute Gasteiger partial charge is 0.263 e. The maximum absolute atomic E-state index is 13.0. The minimum Gasteiger partial charge on any atom is -0.481 e. The van der Waals surface area contributed by atoms with Gasteiger partial charge in [0, 0.05) is 24.2 Å². The molecule has 0 bridgehead atoms. The van der Waals surface area contributed by atoms with Gasteiger partial charge in [0.25, 0.3) is 5.91 Å². The predicted octanol–water partition coefficient (Wildman–Crippen LogP) is 4.41. The Kier molecular flexibility index (Phi) is 5.61. The molecule has 3 aromatic rings. The van der Waals surface area contributed by atoms with Crippen LogP contribution >= 0.6 is 0 Å². The molecule has 0 saturated heterocycles. The van der Waals surface area contributed by atoms with E-state index in [0.29, 0.717) is 30.0 Å². The van der Waals surface area contributed by atoms with Crippen molar-refractivity contribution in [2.45, 2.75) is 26.0 Å². The molecule has 1 atom stereocenters. The molecule has 0 radical (unpaired) electrons. The summed E-state index contributed by atoms with van der Waals surface area (Å²) in [4.78, 5) is 27.1. The lowest BCUT2D eigenvalue weighted by molar-refractivity contribution is -0.138. The van der Waals surface area contributed by atoms with Crippen LogP contribution in [0.25, 0.3) is 0 Å². The zero-order valence-corrected chi connectivity index (χ0v) is 16.7. The van der Waals surface area contributed by atoms with Crippen LogP contribution in [0.2, 0.25) is 0 Å². The summed E-state index contributed by atoms with van der Waals surface area (Å²) in [5.74, 6) is -0.122. The van der Waals surface area contributed by atoms with Crippen molar-refractivity contribution >= 4 is 11.7 Å². The molecule has 1 aliphatic rings. The van der Waals surface area contributed by atoms with Crippen molar-refractivity contribution in [3.05, 3.63) is 101 Å². The van der Waals surface area contributed by atoms with Gasteiger partial charge in [0.05, 0.1) is 0 Å². The van der Waals surface area contributed by atoms with Gasteiger partial charge in [0.2, 0.25) is 0 Å². The Labute approximate surface area is 174 Å². The first-order valence-corrected chi connectivity index (χ1v) is 9.94. The van der Waals surface area contributed by atoms with Crippen molar-refractivity contribution in [3.63, 3.8) is 0 Å². The zero-order valence-electron chi connectivity index (χ0n) is 16.7. The van der Waals surface area contributed by atoms with Crippen LogP contribution in [0, 0.1) is 5.82 Å². The Morgan fingerprint density at radius 2 is 1.50 bits per heavy atom.